The van der Waals surface area contributed by atoms with Crippen molar-refractivity contribution < 1.29 is 17.9 Å². The van der Waals surface area contributed by atoms with E-state index < -0.39 is 16.1 Å². The first-order valence-corrected chi connectivity index (χ1v) is 9.12. The molecule has 0 aliphatic carbocycles. The number of rotatable bonds is 6. The molecule has 9 heteroatoms. The van der Waals surface area contributed by atoms with Crippen molar-refractivity contribution in [3.63, 3.8) is 0 Å². The Morgan fingerprint density at radius 1 is 1.43 bits per heavy atom. The molecule has 3 heterocycles. The molecule has 0 bridgehead atoms. The Hall–Kier alpha value is -1.94. The number of nitrogens with one attached hydrogen (secondary N) is 1. The summed E-state index contributed by atoms with van der Waals surface area (Å²) in [5, 5.41) is 15.9. The van der Waals surface area contributed by atoms with Gasteiger partial charge in [-0.2, -0.15) is 5.10 Å². The average molecular weight is 353 g/mol. The zero-order valence-electron chi connectivity index (χ0n) is 12.2. The minimum absolute atomic E-state index is 0.0471. The Labute approximate surface area is 137 Å². The molecule has 0 saturated carbocycles. The quantitative estimate of drug-likeness (QED) is 0.704. The highest BCUT2D eigenvalue weighted by atomic mass is 32.2. The van der Waals surface area contributed by atoms with Crippen LogP contribution in [0.1, 0.15) is 11.9 Å². The molecule has 3 rings (SSSR count). The number of furan rings is 1. The van der Waals surface area contributed by atoms with E-state index >= 15 is 0 Å². The molecule has 0 aromatic carbocycles. The maximum atomic E-state index is 12.1. The van der Waals surface area contributed by atoms with Crippen LogP contribution in [0.25, 0.3) is 10.6 Å². The lowest BCUT2D eigenvalue weighted by atomic mass is 10.3. The van der Waals surface area contributed by atoms with E-state index in [-0.39, 0.29) is 11.4 Å². The highest BCUT2D eigenvalue weighted by Crippen LogP contribution is 2.28. The van der Waals surface area contributed by atoms with Crippen molar-refractivity contribution in [2.24, 2.45) is 7.05 Å². The summed E-state index contributed by atoms with van der Waals surface area (Å²) in [4.78, 5) is 0.991. The third-order valence-corrected chi connectivity index (χ3v) is 5.44. The van der Waals surface area contributed by atoms with Gasteiger partial charge in [-0.1, -0.05) is 6.07 Å². The zero-order valence-corrected chi connectivity index (χ0v) is 13.8. The van der Waals surface area contributed by atoms with Crippen molar-refractivity contribution >= 4 is 21.4 Å². The molecule has 0 fully saturated rings. The minimum Gasteiger partial charge on any atom is -0.457 e. The number of thiophene rings is 1. The lowest BCUT2D eigenvalue weighted by molar-refractivity contribution is 0.155. The van der Waals surface area contributed by atoms with E-state index in [9.17, 15) is 13.5 Å². The van der Waals surface area contributed by atoms with Crippen LogP contribution in [0.15, 0.2) is 51.4 Å². The molecule has 3 aromatic rings. The summed E-state index contributed by atoms with van der Waals surface area (Å²) in [6, 6.07) is 7.20. The molecule has 3 aromatic heterocycles. The van der Waals surface area contributed by atoms with Gasteiger partial charge < -0.3 is 9.52 Å². The minimum atomic E-state index is -3.71. The highest BCUT2D eigenvalue weighted by molar-refractivity contribution is 7.89. The zero-order chi connectivity index (χ0) is 16.4. The van der Waals surface area contributed by atoms with Crippen molar-refractivity contribution in [2.75, 3.05) is 6.54 Å². The van der Waals surface area contributed by atoms with Crippen molar-refractivity contribution in [2.45, 2.75) is 11.0 Å². The second kappa shape index (κ2) is 6.28. The topological polar surface area (TPSA) is 97.4 Å². The van der Waals surface area contributed by atoms with Gasteiger partial charge in [-0.15, -0.1) is 11.3 Å². The second-order valence-electron chi connectivity index (χ2n) is 4.90. The Kier molecular flexibility index (Phi) is 4.35. The molecule has 0 amide bonds. The predicted octanol–water partition coefficient (Wildman–Crippen LogP) is 1.75. The summed E-state index contributed by atoms with van der Waals surface area (Å²) in [7, 11) is -2.08. The fourth-order valence-electron chi connectivity index (χ4n) is 1.99. The van der Waals surface area contributed by atoms with Crippen LogP contribution in [0, 0.1) is 0 Å². The molecular weight excluding hydrogens is 338 g/mol. The van der Waals surface area contributed by atoms with E-state index in [4.69, 9.17) is 4.42 Å². The number of aliphatic hydroxyl groups excluding tert-OH is 1. The summed E-state index contributed by atoms with van der Waals surface area (Å²) >= 11 is 1.52. The van der Waals surface area contributed by atoms with Gasteiger partial charge in [0, 0.05) is 19.8 Å². The van der Waals surface area contributed by atoms with Gasteiger partial charge in [0.2, 0.25) is 10.0 Å². The van der Waals surface area contributed by atoms with Crippen LogP contribution < -0.4 is 4.72 Å². The number of aromatic nitrogens is 2. The first kappa shape index (κ1) is 15.9. The number of aliphatic hydroxyl groups is 1. The first-order valence-electron chi connectivity index (χ1n) is 6.76. The standard InChI is InChI=1S/C14H15N3O4S2/c1-17-9-10(7-15-17)23(19,20)16-8-11(18)12-4-5-13(21-12)14-3-2-6-22-14/h2-7,9,11,16,18H,8H2,1H3. The molecule has 122 valence electrons. The van der Waals surface area contributed by atoms with Gasteiger partial charge in [-0.25, -0.2) is 13.1 Å². The van der Waals surface area contributed by atoms with Crippen LogP contribution in [0.2, 0.25) is 0 Å². The number of hydrogen-bond acceptors (Lipinski definition) is 6. The molecule has 0 aliphatic heterocycles. The van der Waals surface area contributed by atoms with Gasteiger partial charge in [0.1, 0.15) is 22.5 Å². The fourth-order valence-corrected chi connectivity index (χ4v) is 3.70. The van der Waals surface area contributed by atoms with E-state index in [1.807, 2.05) is 17.5 Å². The van der Waals surface area contributed by atoms with E-state index in [2.05, 4.69) is 9.82 Å². The lowest BCUT2D eigenvalue weighted by Crippen LogP contribution is -2.28. The number of sulfonamides is 1. The third-order valence-electron chi connectivity index (χ3n) is 3.18. The smallest absolute Gasteiger partial charge is 0.243 e. The van der Waals surface area contributed by atoms with Crippen molar-refractivity contribution in [1.29, 1.82) is 0 Å². The van der Waals surface area contributed by atoms with Crippen molar-refractivity contribution in [3.05, 3.63) is 47.8 Å². The van der Waals surface area contributed by atoms with Crippen LogP contribution in [0.4, 0.5) is 0 Å². The maximum Gasteiger partial charge on any atom is 0.243 e. The normalized spacial score (nSPS) is 13.3. The van der Waals surface area contributed by atoms with Gasteiger partial charge in [-0.05, 0) is 23.6 Å². The van der Waals surface area contributed by atoms with Gasteiger partial charge >= 0.3 is 0 Å². The monoisotopic (exact) mass is 353 g/mol. The Morgan fingerprint density at radius 2 is 2.26 bits per heavy atom. The van der Waals surface area contributed by atoms with E-state index in [0.717, 1.165) is 4.88 Å². The lowest BCUT2D eigenvalue weighted by Gasteiger charge is -2.09. The van der Waals surface area contributed by atoms with Crippen LogP contribution in [-0.2, 0) is 17.1 Å². The summed E-state index contributed by atoms with van der Waals surface area (Å²) in [6.45, 7) is -0.186. The molecule has 1 unspecified atom stereocenters. The number of nitrogens with zero attached hydrogens (tertiary/aromatic N) is 2. The Balaban J connectivity index is 1.67. The summed E-state index contributed by atoms with van der Waals surface area (Å²) < 4.78 is 33.4. The molecule has 1 atom stereocenters. The Bertz CT molecular complexity index is 881. The second-order valence-corrected chi connectivity index (χ2v) is 7.61. The van der Waals surface area contributed by atoms with Crippen LogP contribution in [0.3, 0.4) is 0 Å². The largest absolute Gasteiger partial charge is 0.457 e. The first-order chi connectivity index (χ1) is 11.0. The van der Waals surface area contributed by atoms with Crippen molar-refractivity contribution in [1.82, 2.24) is 14.5 Å². The SMILES string of the molecule is Cn1cc(S(=O)(=O)NCC(O)c2ccc(-c3cccs3)o2)cn1. The van der Waals surface area contributed by atoms with Gasteiger partial charge in [0.15, 0.2) is 0 Å². The summed E-state index contributed by atoms with van der Waals surface area (Å²) in [5.41, 5.74) is 0. The van der Waals surface area contributed by atoms with Gasteiger partial charge in [0.25, 0.3) is 0 Å². The number of aryl methyl sites for hydroxylation is 1. The van der Waals surface area contributed by atoms with Crippen LogP contribution in [-0.4, -0.2) is 29.8 Å². The van der Waals surface area contributed by atoms with Crippen LogP contribution in [0.5, 0.6) is 0 Å². The van der Waals surface area contributed by atoms with E-state index in [0.29, 0.717) is 11.5 Å². The Morgan fingerprint density at radius 3 is 2.91 bits per heavy atom. The predicted molar refractivity (Wildman–Crippen MR) is 85.4 cm³/mol. The molecular formula is C14H15N3O4S2. The summed E-state index contributed by atoms with van der Waals surface area (Å²) in [6.07, 6.45) is 1.56. The average Bonchev–Trinajstić information content (AvgIpc) is 3.24. The molecule has 23 heavy (non-hydrogen) atoms. The maximum absolute atomic E-state index is 12.1. The third kappa shape index (κ3) is 3.53. The van der Waals surface area contributed by atoms with E-state index in [1.54, 1.807) is 19.2 Å². The highest BCUT2D eigenvalue weighted by Gasteiger charge is 2.20. The molecule has 0 aliphatic rings. The fraction of sp³-hybridized carbons (Fsp3) is 0.214. The number of hydrogen-bond donors (Lipinski definition) is 2. The van der Waals surface area contributed by atoms with Crippen molar-refractivity contribution in [3.8, 4) is 10.6 Å². The molecule has 7 nitrogen and oxygen atoms in total. The molecule has 0 saturated heterocycles. The van der Waals surface area contributed by atoms with Crippen LogP contribution >= 0.6 is 11.3 Å². The molecule has 2 N–H and O–H groups in total. The molecule has 0 spiro atoms. The van der Waals surface area contributed by atoms with E-state index in [1.165, 1.54) is 28.4 Å². The van der Waals surface area contributed by atoms with Gasteiger partial charge in [0.05, 0.1) is 11.1 Å². The molecule has 0 radical (unpaired) electrons. The summed E-state index contributed by atoms with van der Waals surface area (Å²) in [5.74, 6) is 0.950. The van der Waals surface area contributed by atoms with Gasteiger partial charge in [-0.3, -0.25) is 4.68 Å².